The number of piperidine rings is 1. The second-order valence-corrected chi connectivity index (χ2v) is 8.32. The van der Waals surface area contributed by atoms with Gasteiger partial charge >= 0.3 is 12.0 Å². The van der Waals surface area contributed by atoms with E-state index in [2.05, 4.69) is 25.5 Å². The molecule has 0 spiro atoms. The van der Waals surface area contributed by atoms with E-state index in [4.69, 9.17) is 14.6 Å². The van der Waals surface area contributed by atoms with Crippen LogP contribution >= 0.6 is 0 Å². The number of aliphatic carboxylic acids is 1. The van der Waals surface area contributed by atoms with Gasteiger partial charge in [0.2, 0.25) is 0 Å². The smallest absolute Gasteiger partial charge is 0.324 e. The first-order valence-corrected chi connectivity index (χ1v) is 11.8. The van der Waals surface area contributed by atoms with Crippen LogP contribution in [0.3, 0.4) is 0 Å². The number of carboxylic acid groups (broad SMARTS) is 1. The standard InChI is InChI=1S/C26H29N5O5/c1-2-35-21-7-3-4-8-22(21)36-20-6-5-13-31(17-20)24-16-27-15-23(29-24)30-26(34)28-19-11-9-18(10-12-19)14-25(32)33/h3-4,7-12,15-16,20H,2,5-6,13-14,17H2,1H3,(H,32,33)(H2,28,29,30,34)/t20-/m1/s1. The van der Waals surface area contributed by atoms with E-state index >= 15 is 0 Å². The van der Waals surface area contributed by atoms with Gasteiger partial charge in [0.05, 0.1) is 32.0 Å². The Labute approximate surface area is 209 Å². The summed E-state index contributed by atoms with van der Waals surface area (Å²) in [6, 6.07) is 13.8. The number of para-hydroxylation sites is 2. The molecule has 10 heteroatoms. The number of carbonyl (C=O) groups excluding carboxylic acids is 1. The summed E-state index contributed by atoms with van der Waals surface area (Å²) in [6.45, 7) is 3.95. The lowest BCUT2D eigenvalue weighted by Crippen LogP contribution is -2.41. The summed E-state index contributed by atoms with van der Waals surface area (Å²) in [4.78, 5) is 34.1. The summed E-state index contributed by atoms with van der Waals surface area (Å²) < 4.78 is 11.9. The Kier molecular flexibility index (Phi) is 8.17. The highest BCUT2D eigenvalue weighted by atomic mass is 16.5. The monoisotopic (exact) mass is 491 g/mol. The average Bonchev–Trinajstić information content (AvgIpc) is 2.87. The largest absolute Gasteiger partial charge is 0.490 e. The van der Waals surface area contributed by atoms with E-state index in [9.17, 15) is 9.59 Å². The Bertz CT molecular complexity index is 1190. The van der Waals surface area contributed by atoms with Crippen molar-refractivity contribution in [2.24, 2.45) is 0 Å². The molecule has 188 valence electrons. The number of carboxylic acids is 1. The molecule has 1 fully saturated rings. The van der Waals surface area contributed by atoms with Gasteiger partial charge in [-0.3, -0.25) is 15.1 Å². The summed E-state index contributed by atoms with van der Waals surface area (Å²) in [5.74, 6) is 1.51. The first-order chi connectivity index (χ1) is 17.5. The molecule has 3 N–H and O–H groups in total. The lowest BCUT2D eigenvalue weighted by atomic mass is 10.1. The molecule has 36 heavy (non-hydrogen) atoms. The van der Waals surface area contributed by atoms with E-state index in [0.29, 0.717) is 36.0 Å². The maximum absolute atomic E-state index is 12.4. The van der Waals surface area contributed by atoms with Crippen molar-refractivity contribution in [3.8, 4) is 11.5 Å². The van der Waals surface area contributed by atoms with Gasteiger partial charge in [-0.2, -0.15) is 0 Å². The molecule has 4 rings (SSSR count). The summed E-state index contributed by atoms with van der Waals surface area (Å²) in [5, 5.41) is 14.3. The van der Waals surface area contributed by atoms with Crippen LogP contribution in [0, 0.1) is 0 Å². The fourth-order valence-electron chi connectivity index (χ4n) is 3.97. The number of aromatic nitrogens is 2. The molecular formula is C26H29N5O5. The van der Waals surface area contributed by atoms with E-state index < -0.39 is 12.0 Å². The lowest BCUT2D eigenvalue weighted by Gasteiger charge is -2.33. The van der Waals surface area contributed by atoms with Crippen LogP contribution in [-0.4, -0.2) is 52.9 Å². The van der Waals surface area contributed by atoms with Gasteiger partial charge in [0.1, 0.15) is 11.9 Å². The Balaban J connectivity index is 1.35. The minimum atomic E-state index is -0.908. The number of hydrogen-bond donors (Lipinski definition) is 3. The fourth-order valence-corrected chi connectivity index (χ4v) is 3.97. The number of hydrogen-bond acceptors (Lipinski definition) is 7. The molecule has 0 unspecified atom stereocenters. The van der Waals surface area contributed by atoms with E-state index in [1.165, 1.54) is 6.20 Å². The Morgan fingerprint density at radius 2 is 1.86 bits per heavy atom. The maximum Gasteiger partial charge on any atom is 0.324 e. The molecule has 1 saturated heterocycles. The van der Waals surface area contributed by atoms with Crippen LogP contribution in [0.4, 0.5) is 22.1 Å². The molecule has 0 saturated carbocycles. The highest BCUT2D eigenvalue weighted by Gasteiger charge is 2.24. The van der Waals surface area contributed by atoms with Crippen LogP contribution in [0.2, 0.25) is 0 Å². The summed E-state index contributed by atoms with van der Waals surface area (Å²) in [5.41, 5.74) is 1.19. The number of amides is 2. The highest BCUT2D eigenvalue weighted by molar-refractivity contribution is 5.99. The first-order valence-electron chi connectivity index (χ1n) is 11.8. The Morgan fingerprint density at radius 3 is 2.61 bits per heavy atom. The molecule has 0 aliphatic carbocycles. The highest BCUT2D eigenvalue weighted by Crippen LogP contribution is 2.30. The van der Waals surface area contributed by atoms with Gasteiger partial charge in [0, 0.05) is 12.2 Å². The number of rotatable bonds is 9. The summed E-state index contributed by atoms with van der Waals surface area (Å²) >= 11 is 0. The van der Waals surface area contributed by atoms with Crippen LogP contribution in [0.1, 0.15) is 25.3 Å². The van der Waals surface area contributed by atoms with Gasteiger partial charge in [0.15, 0.2) is 17.3 Å². The molecule has 0 bridgehead atoms. The number of ether oxygens (including phenoxy) is 2. The molecule has 0 radical (unpaired) electrons. The van der Waals surface area contributed by atoms with E-state index in [-0.39, 0.29) is 12.5 Å². The number of nitrogens with one attached hydrogen (secondary N) is 2. The fraction of sp³-hybridized carbons (Fsp3) is 0.308. The van der Waals surface area contributed by atoms with Crippen molar-refractivity contribution in [3.05, 3.63) is 66.5 Å². The molecule has 10 nitrogen and oxygen atoms in total. The van der Waals surface area contributed by atoms with Crippen molar-refractivity contribution in [2.45, 2.75) is 32.3 Å². The van der Waals surface area contributed by atoms with Gasteiger partial charge < -0.3 is 24.8 Å². The molecule has 3 aromatic rings. The molecule has 2 amide bonds. The third kappa shape index (κ3) is 6.84. The van der Waals surface area contributed by atoms with Gasteiger partial charge in [-0.25, -0.2) is 9.78 Å². The zero-order chi connectivity index (χ0) is 25.3. The summed E-state index contributed by atoms with van der Waals surface area (Å²) in [6.07, 6.45) is 4.88. The van der Waals surface area contributed by atoms with Gasteiger partial charge in [0.25, 0.3) is 0 Å². The number of urea groups is 1. The van der Waals surface area contributed by atoms with E-state index in [1.54, 1.807) is 30.5 Å². The Hall–Kier alpha value is -4.34. The van der Waals surface area contributed by atoms with Crippen LogP contribution in [0.25, 0.3) is 0 Å². The van der Waals surface area contributed by atoms with Crippen molar-refractivity contribution in [3.63, 3.8) is 0 Å². The normalized spacial score (nSPS) is 15.1. The van der Waals surface area contributed by atoms with E-state index in [1.807, 2.05) is 31.2 Å². The van der Waals surface area contributed by atoms with Gasteiger partial charge in [-0.1, -0.05) is 24.3 Å². The second kappa shape index (κ2) is 11.9. The zero-order valence-corrected chi connectivity index (χ0v) is 20.0. The van der Waals surface area contributed by atoms with Gasteiger partial charge in [-0.15, -0.1) is 0 Å². The average molecular weight is 492 g/mol. The van der Waals surface area contributed by atoms with Crippen LogP contribution < -0.4 is 25.0 Å². The number of anilines is 3. The molecule has 2 aromatic carbocycles. The van der Waals surface area contributed by atoms with Crippen molar-refractivity contribution >= 4 is 29.3 Å². The molecule has 1 aliphatic heterocycles. The van der Waals surface area contributed by atoms with Crippen LogP contribution in [0.15, 0.2) is 60.9 Å². The number of benzene rings is 2. The van der Waals surface area contributed by atoms with Crippen molar-refractivity contribution in [2.75, 3.05) is 35.2 Å². The molecule has 1 aliphatic rings. The molecule has 2 heterocycles. The predicted octanol–water partition coefficient (Wildman–Crippen LogP) is 4.19. The molecule has 1 atom stereocenters. The molecule has 1 aromatic heterocycles. The van der Waals surface area contributed by atoms with Crippen LogP contribution in [0.5, 0.6) is 11.5 Å². The first kappa shape index (κ1) is 24.8. The zero-order valence-electron chi connectivity index (χ0n) is 20.0. The lowest BCUT2D eigenvalue weighted by molar-refractivity contribution is -0.136. The van der Waals surface area contributed by atoms with E-state index in [0.717, 1.165) is 30.9 Å². The predicted molar refractivity (Wildman–Crippen MR) is 136 cm³/mol. The molecular weight excluding hydrogens is 462 g/mol. The maximum atomic E-state index is 12.4. The van der Waals surface area contributed by atoms with Crippen molar-refractivity contribution < 1.29 is 24.2 Å². The topological polar surface area (TPSA) is 126 Å². The van der Waals surface area contributed by atoms with Crippen molar-refractivity contribution in [1.82, 2.24) is 9.97 Å². The summed E-state index contributed by atoms with van der Waals surface area (Å²) in [7, 11) is 0. The van der Waals surface area contributed by atoms with Crippen molar-refractivity contribution in [1.29, 1.82) is 0 Å². The van der Waals surface area contributed by atoms with Crippen LogP contribution in [-0.2, 0) is 11.2 Å². The minimum absolute atomic E-state index is 0.0360. The number of carbonyl (C=O) groups is 2. The minimum Gasteiger partial charge on any atom is -0.490 e. The van der Waals surface area contributed by atoms with Gasteiger partial charge in [-0.05, 0) is 49.6 Å². The second-order valence-electron chi connectivity index (χ2n) is 8.32. The number of nitrogens with zero attached hydrogens (tertiary/aromatic N) is 3. The quantitative estimate of drug-likeness (QED) is 0.407. The third-order valence-corrected chi connectivity index (χ3v) is 5.58. The third-order valence-electron chi connectivity index (χ3n) is 5.58. The SMILES string of the molecule is CCOc1ccccc1O[C@@H]1CCCN(c2cncc(NC(=O)Nc3ccc(CC(=O)O)cc3)n2)C1. The Morgan fingerprint density at radius 1 is 1.08 bits per heavy atom.